The van der Waals surface area contributed by atoms with E-state index in [-0.39, 0.29) is 29.1 Å². The molecule has 0 saturated heterocycles. The Morgan fingerprint density at radius 1 is 1.45 bits per heavy atom. The van der Waals surface area contributed by atoms with E-state index in [2.05, 4.69) is 4.98 Å². The molecular weight excluding hydrogens is 302 g/mol. The molecular formula is C16H18ClN3O2. The summed E-state index contributed by atoms with van der Waals surface area (Å²) in [6.07, 6.45) is 3.19. The fourth-order valence-corrected chi connectivity index (χ4v) is 3.31. The minimum absolute atomic E-state index is 0.0233. The van der Waals surface area contributed by atoms with Gasteiger partial charge in [0.05, 0.1) is 23.9 Å². The molecule has 0 spiro atoms. The number of aromatic nitrogens is 3. The average molecular weight is 320 g/mol. The first-order chi connectivity index (χ1) is 10.4. The Kier molecular flexibility index (Phi) is 3.68. The maximum absolute atomic E-state index is 12.6. The van der Waals surface area contributed by atoms with Gasteiger partial charge in [0, 0.05) is 18.2 Å². The van der Waals surface area contributed by atoms with Gasteiger partial charge in [-0.2, -0.15) is 4.57 Å². The molecule has 0 aliphatic carbocycles. The summed E-state index contributed by atoms with van der Waals surface area (Å²) in [6.45, 7) is 5.53. The number of halogens is 1. The van der Waals surface area contributed by atoms with Crippen LogP contribution in [-0.4, -0.2) is 9.55 Å². The summed E-state index contributed by atoms with van der Waals surface area (Å²) in [7, 11) is 0. The van der Waals surface area contributed by atoms with Gasteiger partial charge in [-0.3, -0.25) is 0 Å². The highest BCUT2D eigenvalue weighted by molar-refractivity contribution is 6.29. The van der Waals surface area contributed by atoms with Crippen LogP contribution in [0.15, 0.2) is 23.1 Å². The highest BCUT2D eigenvalue weighted by atomic mass is 35.5. The highest BCUT2D eigenvalue weighted by Crippen LogP contribution is 2.30. The number of rotatable bonds is 2. The van der Waals surface area contributed by atoms with Crippen LogP contribution in [0.1, 0.15) is 49.3 Å². The highest BCUT2D eigenvalue weighted by Gasteiger charge is 2.36. The van der Waals surface area contributed by atoms with Gasteiger partial charge in [-0.15, -0.1) is 0 Å². The lowest BCUT2D eigenvalue weighted by atomic mass is 10.1. The van der Waals surface area contributed by atoms with Crippen molar-refractivity contribution in [3.05, 3.63) is 50.8 Å². The molecule has 2 aromatic rings. The number of hydrogen-bond acceptors (Lipinski definition) is 3. The largest absolute Gasteiger partial charge is 0.842 e. The molecule has 5 nitrogen and oxygen atoms in total. The summed E-state index contributed by atoms with van der Waals surface area (Å²) in [5.41, 5.74) is 1.01. The standard InChI is InChI=1S/C16H18ClN3O2/c1-9(2)19-14-7-5-12(11-4-6-13(17)18-8-11)20(14)16(22)10(3)15(19)21/h4,6,8-9,12H,5,7H2,1-3H3. The maximum Gasteiger partial charge on any atom is 0.340 e. The van der Waals surface area contributed by atoms with Gasteiger partial charge in [0.25, 0.3) is 5.82 Å². The van der Waals surface area contributed by atoms with Crippen molar-refractivity contribution in [2.45, 2.75) is 45.7 Å². The van der Waals surface area contributed by atoms with Crippen LogP contribution in [0, 0.1) is 6.92 Å². The van der Waals surface area contributed by atoms with E-state index in [9.17, 15) is 9.90 Å². The first-order valence-corrected chi connectivity index (χ1v) is 7.77. The van der Waals surface area contributed by atoms with Crippen molar-refractivity contribution in [3.63, 3.8) is 0 Å². The second-order valence-electron chi connectivity index (χ2n) is 5.95. The molecule has 6 heteroatoms. The van der Waals surface area contributed by atoms with Gasteiger partial charge < -0.3 is 5.11 Å². The van der Waals surface area contributed by atoms with Crippen LogP contribution < -0.4 is 15.2 Å². The Hall–Kier alpha value is -1.88. The minimum atomic E-state index is -0.200. The zero-order valence-corrected chi connectivity index (χ0v) is 13.6. The van der Waals surface area contributed by atoms with Crippen molar-refractivity contribution in [1.29, 1.82) is 0 Å². The van der Waals surface area contributed by atoms with Crippen molar-refractivity contribution in [1.82, 2.24) is 9.55 Å². The summed E-state index contributed by atoms with van der Waals surface area (Å²) in [5, 5.41) is 12.8. The normalized spacial score (nSPS) is 17.0. The van der Waals surface area contributed by atoms with Crippen molar-refractivity contribution < 1.29 is 9.67 Å². The number of fused-ring (bicyclic) bond motifs is 1. The first kappa shape index (κ1) is 15.0. The molecule has 1 atom stereocenters. The zero-order valence-electron chi connectivity index (χ0n) is 12.8. The van der Waals surface area contributed by atoms with E-state index in [0.717, 1.165) is 17.8 Å². The Morgan fingerprint density at radius 2 is 2.18 bits per heavy atom. The second-order valence-corrected chi connectivity index (χ2v) is 6.34. The second kappa shape index (κ2) is 5.39. The van der Waals surface area contributed by atoms with Crippen molar-refractivity contribution in [3.8, 4) is 5.88 Å². The molecule has 22 heavy (non-hydrogen) atoms. The molecule has 0 amide bonds. The van der Waals surface area contributed by atoms with Gasteiger partial charge in [-0.25, -0.2) is 14.3 Å². The predicted molar refractivity (Wildman–Crippen MR) is 81.2 cm³/mol. The Balaban J connectivity index is 2.22. The first-order valence-electron chi connectivity index (χ1n) is 7.39. The Labute approximate surface area is 133 Å². The lowest BCUT2D eigenvalue weighted by Crippen LogP contribution is -2.49. The van der Waals surface area contributed by atoms with Crippen LogP contribution in [0.2, 0.25) is 5.15 Å². The van der Waals surface area contributed by atoms with Crippen LogP contribution in [0.25, 0.3) is 0 Å². The number of pyridine rings is 1. The maximum atomic E-state index is 12.6. The van der Waals surface area contributed by atoms with E-state index in [1.807, 2.05) is 19.9 Å². The molecule has 0 aromatic carbocycles. The summed E-state index contributed by atoms with van der Waals surface area (Å²) in [4.78, 5) is 16.7. The summed E-state index contributed by atoms with van der Waals surface area (Å²) in [5.74, 6) is 0.622. The Bertz CT molecular complexity index is 781. The molecule has 116 valence electrons. The van der Waals surface area contributed by atoms with E-state index < -0.39 is 0 Å². The molecule has 0 bridgehead atoms. The van der Waals surface area contributed by atoms with Gasteiger partial charge >= 0.3 is 5.56 Å². The van der Waals surface area contributed by atoms with E-state index in [1.54, 1.807) is 28.3 Å². The smallest absolute Gasteiger partial charge is 0.340 e. The molecule has 1 aliphatic rings. The van der Waals surface area contributed by atoms with Gasteiger partial charge in [-0.1, -0.05) is 17.7 Å². The molecule has 0 saturated carbocycles. The van der Waals surface area contributed by atoms with E-state index >= 15 is 0 Å². The van der Waals surface area contributed by atoms with E-state index in [0.29, 0.717) is 11.6 Å². The fraction of sp³-hybridized carbons (Fsp3) is 0.438. The molecule has 0 radical (unpaired) electrons. The molecule has 2 aromatic heterocycles. The zero-order chi connectivity index (χ0) is 16.0. The van der Waals surface area contributed by atoms with Crippen LogP contribution in [-0.2, 0) is 6.42 Å². The molecule has 1 aliphatic heterocycles. The lowest BCUT2D eigenvalue weighted by molar-refractivity contribution is -0.761. The third-order valence-corrected chi connectivity index (χ3v) is 4.46. The monoisotopic (exact) mass is 319 g/mol. The third kappa shape index (κ3) is 2.20. The molecule has 3 rings (SSSR count). The topological polar surface area (TPSA) is 61.8 Å². The van der Waals surface area contributed by atoms with Gasteiger partial charge in [0.2, 0.25) is 0 Å². The molecule has 1 unspecified atom stereocenters. The van der Waals surface area contributed by atoms with Gasteiger partial charge in [0.1, 0.15) is 11.2 Å². The fourth-order valence-electron chi connectivity index (χ4n) is 3.19. The minimum Gasteiger partial charge on any atom is -0.842 e. The van der Waals surface area contributed by atoms with Crippen LogP contribution in [0.5, 0.6) is 5.88 Å². The van der Waals surface area contributed by atoms with Crippen LogP contribution in [0.4, 0.5) is 0 Å². The third-order valence-electron chi connectivity index (χ3n) is 4.24. The summed E-state index contributed by atoms with van der Waals surface area (Å²) < 4.78 is 3.49. The van der Waals surface area contributed by atoms with Gasteiger partial charge in [-0.05, 0) is 26.8 Å². The van der Waals surface area contributed by atoms with Crippen LogP contribution >= 0.6 is 11.6 Å². The van der Waals surface area contributed by atoms with Crippen molar-refractivity contribution >= 4 is 11.6 Å². The lowest BCUT2D eigenvalue weighted by Gasteiger charge is -2.20. The molecule has 0 fully saturated rings. The van der Waals surface area contributed by atoms with Crippen molar-refractivity contribution in [2.75, 3.05) is 0 Å². The Morgan fingerprint density at radius 3 is 2.77 bits per heavy atom. The van der Waals surface area contributed by atoms with E-state index in [4.69, 9.17) is 11.6 Å². The summed E-state index contributed by atoms with van der Waals surface area (Å²) >= 11 is 5.84. The average Bonchev–Trinajstić information content (AvgIpc) is 2.90. The molecule has 3 heterocycles. The van der Waals surface area contributed by atoms with Crippen LogP contribution in [0.3, 0.4) is 0 Å². The van der Waals surface area contributed by atoms with Gasteiger partial charge in [0.15, 0.2) is 0 Å². The number of nitrogens with zero attached hydrogens (tertiary/aromatic N) is 3. The SMILES string of the molecule is Cc1c([O-])[n+](C(C)C)c2n(c1=O)C(c1ccc(Cl)nc1)CC2. The number of hydrogen-bond donors (Lipinski definition) is 0. The van der Waals surface area contributed by atoms with Crippen molar-refractivity contribution in [2.24, 2.45) is 0 Å². The predicted octanol–water partition coefficient (Wildman–Crippen LogP) is 1.68. The summed E-state index contributed by atoms with van der Waals surface area (Å²) in [6, 6.07) is 3.55. The quantitative estimate of drug-likeness (QED) is 0.625. The molecule has 0 N–H and O–H groups in total. The van der Waals surface area contributed by atoms with E-state index in [1.165, 1.54) is 0 Å².